The summed E-state index contributed by atoms with van der Waals surface area (Å²) in [4.78, 5) is 19.4. The number of benzene rings is 2. The van der Waals surface area contributed by atoms with E-state index in [0.717, 1.165) is 79.2 Å². The Labute approximate surface area is 272 Å². The number of carbonyl (C=O) groups is 1. The number of aryl methyl sites for hydroxylation is 1. The third kappa shape index (κ3) is 6.43. The fraction of sp³-hybridized carbons (Fsp3) is 0.421. The van der Waals surface area contributed by atoms with Gasteiger partial charge in [0.1, 0.15) is 17.1 Å². The largest absolute Gasteiger partial charge is 0.497 e. The predicted octanol–water partition coefficient (Wildman–Crippen LogP) is 8.52. The topological polar surface area (TPSA) is 77.3 Å². The van der Waals surface area contributed by atoms with Crippen LogP contribution < -0.4 is 14.8 Å². The summed E-state index contributed by atoms with van der Waals surface area (Å²) in [6.45, 7) is 10.1. The third-order valence-electron chi connectivity index (χ3n) is 9.60. The summed E-state index contributed by atoms with van der Waals surface area (Å²) in [7, 11) is 3.38. The summed E-state index contributed by atoms with van der Waals surface area (Å²) < 4.78 is 18.8. The van der Waals surface area contributed by atoms with Gasteiger partial charge in [0.15, 0.2) is 5.82 Å². The molecule has 0 unspecified atom stereocenters. The second-order valence-corrected chi connectivity index (χ2v) is 13.7. The maximum Gasteiger partial charge on any atom is 0.410 e. The number of ether oxygens (including phenoxy) is 3. The standard InChI is InChI=1S/C38H46N4O4/c1-26-32(29-15-17-38(18-16-29)19-22-41(23-20-38)36(43)46-37(2,3)4)33(28-9-13-31(45-6)14-10-28)34-35(39-21-24-42(26)34)40-25-27-7-11-30(44-5)12-8-27/h7-15,21,24H,16-20,22-23,25H2,1-6H3,(H,39,40). The number of nitrogens with zero attached hydrogens (tertiary/aromatic N) is 3. The SMILES string of the molecule is COc1ccc(CNc2nccn3c(C)c(C4=CCC5(CC4)CCN(C(=O)OC(C)(C)C)CC5)c(-c4ccc(OC)cc4)c23)cc1. The first kappa shape index (κ1) is 31.5. The van der Waals surface area contributed by atoms with E-state index in [2.05, 4.69) is 53.2 Å². The van der Waals surface area contributed by atoms with E-state index in [1.54, 1.807) is 14.2 Å². The van der Waals surface area contributed by atoms with Crippen LogP contribution in [-0.4, -0.2) is 53.3 Å². The highest BCUT2D eigenvalue weighted by Gasteiger charge is 2.38. The number of allylic oxidation sites excluding steroid dienone is 2. The second-order valence-electron chi connectivity index (χ2n) is 13.7. The van der Waals surface area contributed by atoms with E-state index in [-0.39, 0.29) is 11.5 Å². The van der Waals surface area contributed by atoms with Crippen LogP contribution in [0.2, 0.25) is 0 Å². The number of fused-ring (bicyclic) bond motifs is 1. The molecule has 0 bridgehead atoms. The molecule has 0 saturated carbocycles. The number of methoxy groups -OCH3 is 2. The molecule has 2 aromatic heterocycles. The molecule has 1 aliphatic carbocycles. The van der Waals surface area contributed by atoms with E-state index in [4.69, 9.17) is 19.2 Å². The minimum atomic E-state index is -0.476. The van der Waals surface area contributed by atoms with Gasteiger partial charge in [-0.05, 0) is 106 Å². The number of likely N-dealkylation sites (tertiary alicyclic amines) is 1. The molecule has 1 spiro atoms. The fourth-order valence-corrected chi connectivity index (χ4v) is 6.97. The average molecular weight is 623 g/mol. The Bertz CT molecular complexity index is 1720. The van der Waals surface area contributed by atoms with Crippen molar-refractivity contribution in [3.05, 3.63) is 83.8 Å². The fourth-order valence-electron chi connectivity index (χ4n) is 6.97. The predicted molar refractivity (Wildman–Crippen MR) is 184 cm³/mol. The zero-order valence-electron chi connectivity index (χ0n) is 28.0. The number of anilines is 1. The number of hydrogen-bond acceptors (Lipinski definition) is 6. The Hall–Kier alpha value is -4.46. The first-order valence-corrected chi connectivity index (χ1v) is 16.3. The molecule has 0 radical (unpaired) electrons. The maximum atomic E-state index is 12.7. The minimum Gasteiger partial charge on any atom is -0.497 e. The zero-order valence-corrected chi connectivity index (χ0v) is 28.0. The molecule has 1 fully saturated rings. The number of nitrogens with one attached hydrogen (secondary N) is 1. The zero-order chi connectivity index (χ0) is 32.5. The molecular weight excluding hydrogens is 576 g/mol. The van der Waals surface area contributed by atoms with Crippen molar-refractivity contribution in [2.45, 2.75) is 71.9 Å². The lowest BCUT2D eigenvalue weighted by atomic mass is 9.68. The molecule has 46 heavy (non-hydrogen) atoms. The van der Waals surface area contributed by atoms with Gasteiger partial charge in [-0.1, -0.05) is 30.3 Å². The van der Waals surface area contributed by atoms with Crippen molar-refractivity contribution in [2.24, 2.45) is 5.41 Å². The monoisotopic (exact) mass is 622 g/mol. The molecule has 1 aliphatic heterocycles. The highest BCUT2D eigenvalue weighted by atomic mass is 16.6. The molecular formula is C38H46N4O4. The van der Waals surface area contributed by atoms with E-state index in [0.29, 0.717) is 6.54 Å². The Kier molecular flexibility index (Phi) is 8.73. The van der Waals surface area contributed by atoms with Gasteiger partial charge in [0.05, 0.1) is 19.7 Å². The molecule has 8 nitrogen and oxygen atoms in total. The van der Waals surface area contributed by atoms with Crippen molar-refractivity contribution >= 4 is 23.0 Å². The maximum absolute atomic E-state index is 12.7. The van der Waals surface area contributed by atoms with Gasteiger partial charge in [0.25, 0.3) is 0 Å². The van der Waals surface area contributed by atoms with Gasteiger partial charge in [0.2, 0.25) is 0 Å². The molecule has 8 heteroatoms. The van der Waals surface area contributed by atoms with E-state index in [9.17, 15) is 4.79 Å². The van der Waals surface area contributed by atoms with Crippen LogP contribution >= 0.6 is 0 Å². The molecule has 6 rings (SSSR count). The van der Waals surface area contributed by atoms with Gasteiger partial charge in [0, 0.05) is 48.8 Å². The summed E-state index contributed by atoms with van der Waals surface area (Å²) in [5, 5.41) is 3.63. The molecule has 0 atom stereocenters. The Morgan fingerprint density at radius 1 is 0.935 bits per heavy atom. The Morgan fingerprint density at radius 3 is 2.17 bits per heavy atom. The number of carbonyl (C=O) groups excluding carboxylic acids is 1. The van der Waals surface area contributed by atoms with Crippen LogP contribution in [-0.2, 0) is 11.3 Å². The normalized spacial score (nSPS) is 16.3. The van der Waals surface area contributed by atoms with Crippen molar-refractivity contribution in [1.29, 1.82) is 0 Å². The summed E-state index contributed by atoms with van der Waals surface area (Å²) in [5.74, 6) is 2.52. The molecule has 1 amide bonds. The van der Waals surface area contributed by atoms with Crippen molar-refractivity contribution < 1.29 is 19.0 Å². The number of rotatable bonds is 7. The van der Waals surface area contributed by atoms with Crippen LogP contribution in [0.4, 0.5) is 10.6 Å². The van der Waals surface area contributed by atoms with Crippen molar-refractivity contribution in [1.82, 2.24) is 14.3 Å². The highest BCUT2D eigenvalue weighted by Crippen LogP contribution is 2.49. The van der Waals surface area contributed by atoms with Gasteiger partial charge in [-0.25, -0.2) is 9.78 Å². The number of amides is 1. The number of hydrogen-bond donors (Lipinski definition) is 1. The quantitative estimate of drug-likeness (QED) is 0.223. The number of aromatic nitrogens is 2. The van der Waals surface area contributed by atoms with Gasteiger partial charge in [-0.3, -0.25) is 0 Å². The minimum absolute atomic E-state index is 0.195. The van der Waals surface area contributed by atoms with Crippen LogP contribution in [0.5, 0.6) is 11.5 Å². The van der Waals surface area contributed by atoms with Crippen molar-refractivity contribution in [3.63, 3.8) is 0 Å². The highest BCUT2D eigenvalue weighted by molar-refractivity contribution is 5.98. The average Bonchev–Trinajstić information content (AvgIpc) is 3.36. The van der Waals surface area contributed by atoms with Crippen molar-refractivity contribution in [3.8, 4) is 22.6 Å². The van der Waals surface area contributed by atoms with Crippen LogP contribution in [0.1, 0.15) is 69.7 Å². The van der Waals surface area contributed by atoms with Gasteiger partial charge < -0.3 is 28.8 Å². The molecule has 3 heterocycles. The van der Waals surface area contributed by atoms with Crippen LogP contribution in [0.3, 0.4) is 0 Å². The third-order valence-corrected chi connectivity index (χ3v) is 9.60. The summed E-state index contributed by atoms with van der Waals surface area (Å²) in [6, 6.07) is 16.5. The van der Waals surface area contributed by atoms with Crippen LogP contribution in [0.15, 0.2) is 67.0 Å². The lowest BCUT2D eigenvalue weighted by molar-refractivity contribution is 0.00896. The lowest BCUT2D eigenvalue weighted by Crippen LogP contribution is -2.45. The van der Waals surface area contributed by atoms with Crippen molar-refractivity contribution in [2.75, 3.05) is 32.6 Å². The Morgan fingerprint density at radius 2 is 1.59 bits per heavy atom. The molecule has 4 aromatic rings. The summed E-state index contributed by atoms with van der Waals surface area (Å²) in [6.07, 6.45) is 11.3. The van der Waals surface area contributed by atoms with Gasteiger partial charge in [-0.2, -0.15) is 0 Å². The molecule has 2 aromatic carbocycles. The smallest absolute Gasteiger partial charge is 0.410 e. The van der Waals surface area contributed by atoms with E-state index in [1.807, 2.05) is 56.1 Å². The van der Waals surface area contributed by atoms with Gasteiger partial charge in [-0.15, -0.1) is 0 Å². The summed E-state index contributed by atoms with van der Waals surface area (Å²) >= 11 is 0. The van der Waals surface area contributed by atoms with E-state index in [1.165, 1.54) is 22.4 Å². The molecule has 1 saturated heterocycles. The van der Waals surface area contributed by atoms with Crippen LogP contribution in [0, 0.1) is 12.3 Å². The Balaban J connectivity index is 1.32. The molecule has 1 N–H and O–H groups in total. The van der Waals surface area contributed by atoms with Gasteiger partial charge >= 0.3 is 6.09 Å². The first-order chi connectivity index (χ1) is 22.1. The van der Waals surface area contributed by atoms with Crippen LogP contribution in [0.25, 0.3) is 22.2 Å². The van der Waals surface area contributed by atoms with E-state index < -0.39 is 5.60 Å². The second kappa shape index (κ2) is 12.7. The lowest BCUT2D eigenvalue weighted by Gasteiger charge is -2.43. The summed E-state index contributed by atoms with van der Waals surface area (Å²) in [5.41, 5.74) is 8.16. The molecule has 2 aliphatic rings. The first-order valence-electron chi connectivity index (χ1n) is 16.3. The molecule has 242 valence electrons. The van der Waals surface area contributed by atoms with E-state index >= 15 is 0 Å². The number of piperidine rings is 1.